The fraction of sp³-hybridized carbons (Fsp3) is 0.391. The summed E-state index contributed by atoms with van der Waals surface area (Å²) in [7, 11) is 1.57. The molecule has 0 spiro atoms. The molecule has 1 N–H and O–H groups in total. The molecule has 0 radical (unpaired) electrons. The molecule has 0 aromatic heterocycles. The Balaban J connectivity index is 2.13. The van der Waals surface area contributed by atoms with Gasteiger partial charge in [-0.05, 0) is 50.6 Å². The van der Waals surface area contributed by atoms with Crippen molar-refractivity contribution in [3.8, 4) is 5.75 Å². The maximum atomic E-state index is 14.0. The first-order valence-corrected chi connectivity index (χ1v) is 11.5. The second kappa shape index (κ2) is 12.0. The predicted molar refractivity (Wildman–Crippen MR) is 124 cm³/mol. The summed E-state index contributed by atoms with van der Waals surface area (Å²) >= 11 is 7.33. The standard InChI is InChI=1S/C23H28ClFN2O3S/c1-15(2)26-23(29)16(3)27(12-17-7-5-8-18(11-17)30-4)22(28)14-31-13-19-20(24)9-6-10-21(19)25/h5-11,15-16H,12-14H2,1-4H3,(H,26,29)/t16-/m1/s1. The van der Waals surface area contributed by atoms with Gasteiger partial charge < -0.3 is 15.0 Å². The van der Waals surface area contributed by atoms with Crippen molar-refractivity contribution >= 4 is 35.2 Å². The van der Waals surface area contributed by atoms with Crippen LogP contribution in [0.5, 0.6) is 5.75 Å². The van der Waals surface area contributed by atoms with Gasteiger partial charge in [-0.2, -0.15) is 0 Å². The smallest absolute Gasteiger partial charge is 0.242 e. The monoisotopic (exact) mass is 466 g/mol. The van der Waals surface area contributed by atoms with E-state index in [4.69, 9.17) is 16.3 Å². The quantitative estimate of drug-likeness (QED) is 0.553. The minimum atomic E-state index is -0.668. The highest BCUT2D eigenvalue weighted by atomic mass is 35.5. The molecule has 0 aliphatic carbocycles. The number of ether oxygens (including phenoxy) is 1. The van der Waals surface area contributed by atoms with Crippen molar-refractivity contribution in [2.45, 2.75) is 45.2 Å². The number of nitrogens with zero attached hydrogens (tertiary/aromatic N) is 1. The van der Waals surface area contributed by atoms with Gasteiger partial charge in [-0.3, -0.25) is 9.59 Å². The lowest BCUT2D eigenvalue weighted by Gasteiger charge is -2.29. The molecule has 0 unspecified atom stereocenters. The second-order valence-electron chi connectivity index (χ2n) is 7.41. The molecule has 2 amide bonds. The zero-order valence-electron chi connectivity index (χ0n) is 18.2. The molecule has 0 saturated carbocycles. The van der Waals surface area contributed by atoms with Gasteiger partial charge in [0.1, 0.15) is 17.6 Å². The van der Waals surface area contributed by atoms with Gasteiger partial charge in [-0.25, -0.2) is 4.39 Å². The molecule has 5 nitrogen and oxygen atoms in total. The van der Waals surface area contributed by atoms with E-state index in [0.29, 0.717) is 16.3 Å². The Morgan fingerprint density at radius 1 is 1.19 bits per heavy atom. The summed E-state index contributed by atoms with van der Waals surface area (Å²) in [6, 6.07) is 11.2. The van der Waals surface area contributed by atoms with Crippen LogP contribution in [-0.2, 0) is 21.9 Å². The van der Waals surface area contributed by atoms with E-state index in [1.165, 1.54) is 22.7 Å². The lowest BCUT2D eigenvalue weighted by Crippen LogP contribution is -2.49. The zero-order valence-corrected chi connectivity index (χ0v) is 19.7. The van der Waals surface area contributed by atoms with Crippen LogP contribution >= 0.6 is 23.4 Å². The fourth-order valence-electron chi connectivity index (χ4n) is 2.95. The number of hydrogen-bond acceptors (Lipinski definition) is 4. The maximum absolute atomic E-state index is 14.0. The van der Waals surface area contributed by atoms with Crippen molar-refractivity contribution in [3.63, 3.8) is 0 Å². The van der Waals surface area contributed by atoms with Gasteiger partial charge in [0, 0.05) is 28.9 Å². The lowest BCUT2D eigenvalue weighted by molar-refractivity contribution is -0.138. The van der Waals surface area contributed by atoms with E-state index in [1.807, 2.05) is 38.1 Å². The highest BCUT2D eigenvalue weighted by Crippen LogP contribution is 2.24. The number of carbonyl (C=O) groups excluding carboxylic acids is 2. The van der Waals surface area contributed by atoms with E-state index >= 15 is 0 Å². The van der Waals surface area contributed by atoms with Crippen LogP contribution in [0.25, 0.3) is 0 Å². The summed E-state index contributed by atoms with van der Waals surface area (Å²) in [5.74, 6) is 0.184. The summed E-state index contributed by atoms with van der Waals surface area (Å²) in [6.07, 6.45) is 0. The molecule has 0 heterocycles. The Hall–Kier alpha value is -2.25. The van der Waals surface area contributed by atoms with E-state index in [0.717, 1.165) is 5.56 Å². The third-order valence-corrected chi connectivity index (χ3v) is 5.92. The first-order valence-electron chi connectivity index (χ1n) is 9.96. The van der Waals surface area contributed by atoms with Crippen LogP contribution in [0.15, 0.2) is 42.5 Å². The predicted octanol–water partition coefficient (Wildman–Crippen LogP) is 4.66. The van der Waals surface area contributed by atoms with Crippen molar-refractivity contribution in [1.82, 2.24) is 10.2 Å². The van der Waals surface area contributed by atoms with Crippen molar-refractivity contribution in [1.29, 1.82) is 0 Å². The van der Waals surface area contributed by atoms with Crippen LogP contribution in [0, 0.1) is 5.82 Å². The third-order valence-electron chi connectivity index (χ3n) is 4.62. The fourth-order valence-corrected chi connectivity index (χ4v) is 4.20. The van der Waals surface area contributed by atoms with Crippen molar-refractivity contribution < 1.29 is 18.7 Å². The Labute approximate surface area is 192 Å². The van der Waals surface area contributed by atoms with Crippen molar-refractivity contribution in [2.75, 3.05) is 12.9 Å². The number of carbonyl (C=O) groups is 2. The average Bonchev–Trinajstić information content (AvgIpc) is 2.73. The Morgan fingerprint density at radius 2 is 1.90 bits per heavy atom. The van der Waals surface area contributed by atoms with E-state index in [1.54, 1.807) is 26.2 Å². The van der Waals surface area contributed by atoms with Crippen LogP contribution in [0.4, 0.5) is 4.39 Å². The first kappa shape index (κ1) is 25.0. The Bertz CT molecular complexity index is 890. The van der Waals surface area contributed by atoms with Gasteiger partial charge in [0.15, 0.2) is 0 Å². The zero-order chi connectivity index (χ0) is 23.0. The van der Waals surface area contributed by atoms with E-state index in [9.17, 15) is 14.0 Å². The van der Waals surface area contributed by atoms with Crippen molar-refractivity contribution in [2.24, 2.45) is 0 Å². The number of benzene rings is 2. The molecule has 2 rings (SSSR count). The molecule has 168 valence electrons. The molecule has 0 aliphatic heterocycles. The number of hydrogen-bond donors (Lipinski definition) is 1. The number of rotatable bonds is 10. The number of amides is 2. The van der Waals surface area contributed by atoms with Gasteiger partial charge in [-0.1, -0.05) is 29.8 Å². The normalized spacial score (nSPS) is 11.8. The maximum Gasteiger partial charge on any atom is 0.242 e. The number of thioether (sulfide) groups is 1. The van der Waals surface area contributed by atoms with Gasteiger partial charge in [0.05, 0.1) is 12.9 Å². The molecule has 31 heavy (non-hydrogen) atoms. The van der Waals surface area contributed by atoms with Gasteiger partial charge in [0.2, 0.25) is 11.8 Å². The molecule has 0 bridgehead atoms. The molecule has 0 aliphatic rings. The van der Waals surface area contributed by atoms with Crippen LogP contribution in [0.3, 0.4) is 0 Å². The summed E-state index contributed by atoms with van der Waals surface area (Å²) in [5.41, 5.74) is 1.21. The highest BCUT2D eigenvalue weighted by molar-refractivity contribution is 7.99. The SMILES string of the molecule is COc1cccc(CN(C(=O)CSCc2c(F)cccc2Cl)[C@H](C)C(=O)NC(C)C)c1. The average molecular weight is 467 g/mol. The van der Waals surface area contributed by atoms with E-state index in [-0.39, 0.29) is 35.9 Å². The summed E-state index contributed by atoms with van der Waals surface area (Å²) < 4.78 is 19.2. The minimum absolute atomic E-state index is 0.0405. The molecule has 1 atom stereocenters. The molecular weight excluding hydrogens is 439 g/mol. The van der Waals surface area contributed by atoms with Crippen LogP contribution in [-0.4, -0.2) is 41.7 Å². The van der Waals surface area contributed by atoms with Crippen LogP contribution in [0.1, 0.15) is 31.9 Å². The number of halogens is 2. The van der Waals surface area contributed by atoms with Crippen LogP contribution < -0.4 is 10.1 Å². The Morgan fingerprint density at radius 3 is 2.55 bits per heavy atom. The Kier molecular flexibility index (Phi) is 9.65. The molecule has 0 saturated heterocycles. The van der Waals surface area contributed by atoms with Gasteiger partial charge >= 0.3 is 0 Å². The topological polar surface area (TPSA) is 58.6 Å². The molecule has 2 aromatic carbocycles. The lowest BCUT2D eigenvalue weighted by atomic mass is 10.1. The summed E-state index contributed by atoms with van der Waals surface area (Å²) in [6.45, 7) is 5.69. The second-order valence-corrected chi connectivity index (χ2v) is 8.80. The van der Waals surface area contributed by atoms with Crippen LogP contribution in [0.2, 0.25) is 5.02 Å². The number of nitrogens with one attached hydrogen (secondary N) is 1. The molecule has 8 heteroatoms. The largest absolute Gasteiger partial charge is 0.497 e. The molecular formula is C23H28ClFN2O3S. The number of methoxy groups -OCH3 is 1. The van der Waals surface area contributed by atoms with Crippen molar-refractivity contribution in [3.05, 3.63) is 64.4 Å². The first-order chi connectivity index (χ1) is 14.7. The molecule has 0 fully saturated rings. The third kappa shape index (κ3) is 7.43. The summed E-state index contributed by atoms with van der Waals surface area (Å²) in [5, 5.41) is 3.18. The highest BCUT2D eigenvalue weighted by Gasteiger charge is 2.26. The van der Waals surface area contributed by atoms with E-state index < -0.39 is 11.9 Å². The summed E-state index contributed by atoms with van der Waals surface area (Å²) in [4.78, 5) is 27.2. The van der Waals surface area contributed by atoms with E-state index in [2.05, 4.69) is 5.32 Å². The molecule has 2 aromatic rings. The minimum Gasteiger partial charge on any atom is -0.497 e. The van der Waals surface area contributed by atoms with Gasteiger partial charge in [-0.15, -0.1) is 11.8 Å². The van der Waals surface area contributed by atoms with Gasteiger partial charge in [0.25, 0.3) is 0 Å².